The van der Waals surface area contributed by atoms with Gasteiger partial charge in [0.15, 0.2) is 18.1 Å². The minimum atomic E-state index is -4.45. The number of anilines is 1. The van der Waals surface area contributed by atoms with Crippen molar-refractivity contribution in [2.24, 2.45) is 0 Å². The van der Waals surface area contributed by atoms with E-state index in [1.54, 1.807) is 74.4 Å². The second-order valence-electron chi connectivity index (χ2n) is 15.0. The lowest BCUT2D eigenvalue weighted by Gasteiger charge is -2.28. The van der Waals surface area contributed by atoms with Crippen molar-refractivity contribution in [2.45, 2.75) is 115 Å². The van der Waals surface area contributed by atoms with Crippen LogP contribution in [0.5, 0.6) is 5.75 Å². The molecule has 6 atom stereocenters. The molecule has 1 aliphatic heterocycles. The zero-order chi connectivity index (χ0) is 41.7. The van der Waals surface area contributed by atoms with Gasteiger partial charge in [-0.3, -0.25) is 13.9 Å². The number of nitrogens with one attached hydrogen (secondary N) is 1. The van der Waals surface area contributed by atoms with Gasteiger partial charge in [0.1, 0.15) is 34.0 Å². The molecule has 1 saturated heterocycles. The van der Waals surface area contributed by atoms with Crippen molar-refractivity contribution >= 4 is 72.2 Å². The summed E-state index contributed by atoms with van der Waals surface area (Å²) in [5.41, 5.74) is -4.21. The molecule has 2 amide bonds. The van der Waals surface area contributed by atoms with Crippen molar-refractivity contribution < 1.29 is 60.9 Å². The van der Waals surface area contributed by atoms with Crippen LogP contribution in [0.15, 0.2) is 41.3 Å². The number of thioether (sulfide) groups is 1. The minimum Gasteiger partial charge on any atom is -0.468 e. The molecule has 0 saturated carbocycles. The Labute approximate surface area is 336 Å². The number of ether oxygens (including phenoxy) is 5. The molecule has 0 spiro atoms. The van der Waals surface area contributed by atoms with Crippen molar-refractivity contribution in [1.29, 1.82) is 0 Å². The molecule has 17 nitrogen and oxygen atoms in total. The Morgan fingerprint density at radius 3 is 2.00 bits per heavy atom. The monoisotopic (exact) mass is 928 g/mol. The summed E-state index contributed by atoms with van der Waals surface area (Å²) in [5, 5.41) is -0.106. The molecule has 2 heterocycles. The topological polar surface area (TPSA) is 200 Å². The normalized spacial score (nSPS) is 20.4. The van der Waals surface area contributed by atoms with Crippen LogP contribution >= 0.6 is 42.1 Å². The summed E-state index contributed by atoms with van der Waals surface area (Å²) in [7, 11) is -3.31. The summed E-state index contributed by atoms with van der Waals surface area (Å²) in [5.74, 6) is -1.14. The fourth-order valence-electron chi connectivity index (χ4n) is 4.54. The van der Waals surface area contributed by atoms with E-state index in [0.29, 0.717) is 4.90 Å². The number of carbonyl (C=O) groups is 4. The van der Waals surface area contributed by atoms with E-state index in [2.05, 4.69) is 32.7 Å². The van der Waals surface area contributed by atoms with Gasteiger partial charge in [-0.15, -0.1) is 11.8 Å². The average Bonchev–Trinajstić information content (AvgIpc) is 3.32. The lowest BCUT2D eigenvalue weighted by Crippen LogP contribution is -2.45. The van der Waals surface area contributed by atoms with Gasteiger partial charge in [-0.2, -0.15) is 15.0 Å². The molecule has 3 rings (SSSR count). The maximum Gasteiger partial charge on any atom is 0.509 e. The van der Waals surface area contributed by atoms with E-state index in [-0.39, 0.29) is 5.75 Å². The molecular weight excluding hydrogens is 881 g/mol. The molecule has 1 fully saturated rings. The summed E-state index contributed by atoms with van der Waals surface area (Å²) in [6.45, 7) is 14.9. The van der Waals surface area contributed by atoms with E-state index >= 15 is 4.39 Å². The summed E-state index contributed by atoms with van der Waals surface area (Å²) >= 11 is 2.84. The van der Waals surface area contributed by atoms with Crippen LogP contribution in [-0.2, 0) is 37.6 Å². The molecule has 0 radical (unpaired) electrons. The lowest BCUT2D eigenvalue weighted by molar-refractivity contribution is -0.142. The van der Waals surface area contributed by atoms with E-state index in [1.807, 2.05) is 0 Å². The minimum absolute atomic E-state index is 0.111. The Hall–Kier alpha value is -3.46. The van der Waals surface area contributed by atoms with Crippen LogP contribution in [-0.4, -0.2) is 87.9 Å². The SMILES string of the molecule is COC(=O)C(C)NP(=O)(OC[C@H]1S[C@@H](n2ccc(N(C(=O)OC(C)(C)C)C(=O)OC(C)(C)C)nc2=O)[C@@H](F)[C@@H]1OC(=O)OC(C)(C)C)Oc1ccc(I)cc1. The van der Waals surface area contributed by atoms with E-state index < -0.39 is 95.9 Å². The first kappa shape index (κ1) is 45.9. The number of alkyl halides is 1. The molecule has 2 aromatic rings. The molecule has 1 aromatic carbocycles. The number of carbonyl (C=O) groups excluding carboxylic acids is 4. The van der Waals surface area contributed by atoms with Crippen LogP contribution < -0.4 is 20.2 Å². The fraction of sp³-hybridized carbons (Fsp3) is 0.588. The highest BCUT2D eigenvalue weighted by molar-refractivity contribution is 14.1. The molecule has 0 aliphatic carbocycles. The summed E-state index contributed by atoms with van der Waals surface area (Å²) in [6, 6.07) is 6.32. The third kappa shape index (κ3) is 13.9. The lowest BCUT2D eigenvalue weighted by atomic mass is 10.1. The standard InChI is InChI=1S/C34H47FIN4O13PS/c1-19(27(41)47-11)38-54(46,53-21-14-12-20(36)13-15-21)48-18-22-25(49-31(45)52-34(8,9)10)24(35)26(55-22)39-17-16-23(37-28(39)42)40(29(43)50-32(2,3)4)30(44)51-33(5,6)7/h12-17,19,22,24-26H,18H2,1-11H3,(H,38,46)/t19?,22-,24+,25-,26-,54?/m1/s1. The molecular formula is C34H47FIN4O13PS. The first-order valence-corrected chi connectivity index (χ1v) is 20.4. The first-order chi connectivity index (χ1) is 25.2. The van der Waals surface area contributed by atoms with E-state index in [1.165, 1.54) is 19.1 Å². The second kappa shape index (κ2) is 18.2. The number of rotatable bonds is 11. The van der Waals surface area contributed by atoms with Crippen LogP contribution in [0.25, 0.3) is 0 Å². The van der Waals surface area contributed by atoms with Crippen molar-refractivity contribution in [2.75, 3.05) is 18.6 Å². The molecule has 306 valence electrons. The van der Waals surface area contributed by atoms with Gasteiger partial charge in [-0.25, -0.2) is 28.1 Å². The van der Waals surface area contributed by atoms with Gasteiger partial charge in [0, 0.05) is 9.77 Å². The van der Waals surface area contributed by atoms with Crippen LogP contribution in [0, 0.1) is 3.57 Å². The smallest absolute Gasteiger partial charge is 0.468 e. The van der Waals surface area contributed by atoms with Gasteiger partial charge in [-0.1, -0.05) is 0 Å². The summed E-state index contributed by atoms with van der Waals surface area (Å²) in [4.78, 5) is 69.2. The van der Waals surface area contributed by atoms with Crippen LogP contribution in [0.3, 0.4) is 0 Å². The summed E-state index contributed by atoms with van der Waals surface area (Å²) in [6.07, 6.45) is -6.27. The highest BCUT2D eigenvalue weighted by atomic mass is 127. The zero-order valence-electron chi connectivity index (χ0n) is 32.3. The number of nitrogens with zero attached hydrogens (tertiary/aromatic N) is 3. The Balaban J connectivity index is 2.00. The first-order valence-electron chi connectivity index (χ1n) is 16.8. The maximum atomic E-state index is 16.5. The Morgan fingerprint density at radius 2 is 1.51 bits per heavy atom. The molecule has 1 N–H and O–H groups in total. The predicted molar refractivity (Wildman–Crippen MR) is 208 cm³/mol. The maximum absolute atomic E-state index is 16.5. The van der Waals surface area contributed by atoms with Crippen LogP contribution in [0.2, 0.25) is 0 Å². The highest BCUT2D eigenvalue weighted by Gasteiger charge is 2.50. The number of esters is 1. The molecule has 55 heavy (non-hydrogen) atoms. The average molecular weight is 929 g/mol. The van der Waals surface area contributed by atoms with Crippen molar-refractivity contribution in [3.8, 4) is 5.75 Å². The van der Waals surface area contributed by atoms with E-state index in [0.717, 1.165) is 39.3 Å². The molecule has 0 bridgehead atoms. The Morgan fingerprint density at radius 1 is 0.964 bits per heavy atom. The van der Waals surface area contributed by atoms with Gasteiger partial charge in [0.25, 0.3) is 0 Å². The fourth-order valence-corrected chi connectivity index (χ4v) is 7.98. The van der Waals surface area contributed by atoms with Gasteiger partial charge in [0.05, 0.1) is 19.0 Å². The van der Waals surface area contributed by atoms with Crippen molar-refractivity contribution in [3.63, 3.8) is 0 Å². The Bertz CT molecular complexity index is 1790. The zero-order valence-corrected chi connectivity index (χ0v) is 36.2. The number of halogens is 2. The third-order valence-corrected chi connectivity index (χ3v) is 10.6. The van der Waals surface area contributed by atoms with Crippen LogP contribution in [0.4, 0.5) is 24.6 Å². The quantitative estimate of drug-likeness (QED) is 0.103. The number of amides is 2. The third-order valence-electron chi connectivity index (χ3n) is 6.71. The number of imide groups is 1. The highest BCUT2D eigenvalue weighted by Crippen LogP contribution is 2.50. The molecule has 1 aliphatic rings. The molecule has 1 aromatic heterocycles. The molecule has 2 unspecified atom stereocenters. The van der Waals surface area contributed by atoms with Gasteiger partial charge in [0.2, 0.25) is 0 Å². The number of benzene rings is 1. The van der Waals surface area contributed by atoms with E-state index in [9.17, 15) is 28.5 Å². The predicted octanol–water partition coefficient (Wildman–Crippen LogP) is 7.15. The van der Waals surface area contributed by atoms with Crippen molar-refractivity contribution in [3.05, 3.63) is 50.6 Å². The van der Waals surface area contributed by atoms with Gasteiger partial charge >= 0.3 is 37.7 Å². The van der Waals surface area contributed by atoms with Crippen molar-refractivity contribution in [1.82, 2.24) is 14.6 Å². The molecule has 21 heteroatoms. The number of hydrogen-bond acceptors (Lipinski definition) is 15. The van der Waals surface area contributed by atoms with Gasteiger partial charge < -0.3 is 28.2 Å². The second-order valence-corrected chi connectivity index (χ2v) is 19.3. The summed E-state index contributed by atoms with van der Waals surface area (Å²) < 4.78 is 69.8. The van der Waals surface area contributed by atoms with Gasteiger partial charge in [-0.05, 0) is 122 Å². The Kier molecular flexibility index (Phi) is 15.2. The number of hydrogen-bond donors (Lipinski definition) is 1. The number of methoxy groups -OCH3 is 1. The number of aromatic nitrogens is 2. The van der Waals surface area contributed by atoms with E-state index in [4.69, 9.17) is 32.7 Å². The van der Waals surface area contributed by atoms with Crippen LogP contribution in [0.1, 0.15) is 74.6 Å². The largest absolute Gasteiger partial charge is 0.509 e.